The third-order valence-electron chi connectivity index (χ3n) is 4.65. The summed E-state index contributed by atoms with van der Waals surface area (Å²) in [7, 11) is 0. The van der Waals surface area contributed by atoms with E-state index in [4.69, 9.17) is 5.73 Å². The van der Waals surface area contributed by atoms with Crippen LogP contribution in [0.1, 0.15) is 50.3 Å². The van der Waals surface area contributed by atoms with E-state index in [0.717, 1.165) is 30.6 Å². The molecule has 1 aromatic rings. The van der Waals surface area contributed by atoms with Crippen LogP contribution < -0.4 is 5.73 Å². The van der Waals surface area contributed by atoms with Gasteiger partial charge in [-0.2, -0.15) is 0 Å². The quantitative estimate of drug-likeness (QED) is 0.874. The van der Waals surface area contributed by atoms with Crippen LogP contribution >= 0.6 is 0 Å². The molecule has 0 radical (unpaired) electrons. The van der Waals surface area contributed by atoms with E-state index < -0.39 is 6.10 Å². The van der Waals surface area contributed by atoms with Crippen molar-refractivity contribution in [3.63, 3.8) is 0 Å². The van der Waals surface area contributed by atoms with Crippen molar-refractivity contribution >= 4 is 5.82 Å². The molecule has 0 aromatic carbocycles. The minimum Gasteiger partial charge on any atom is -0.386 e. The molecular weight excluding hydrogens is 238 g/mol. The van der Waals surface area contributed by atoms with Gasteiger partial charge in [-0.1, -0.05) is 6.92 Å². The molecule has 0 amide bonds. The van der Waals surface area contributed by atoms with Gasteiger partial charge in [0.2, 0.25) is 0 Å². The second kappa shape index (κ2) is 5.47. The van der Waals surface area contributed by atoms with E-state index in [1.54, 1.807) is 6.20 Å². The number of hydrogen-bond donors (Lipinski definition) is 2. The van der Waals surface area contributed by atoms with Gasteiger partial charge >= 0.3 is 0 Å². The van der Waals surface area contributed by atoms with Gasteiger partial charge in [0.1, 0.15) is 11.9 Å². The van der Waals surface area contributed by atoms with Crippen molar-refractivity contribution in [3.8, 4) is 0 Å². The molecule has 0 aliphatic carbocycles. The standard InChI is InChI=1S/C15H25N3O/c1-4-15(3,18-9-5-6-10-18)13(19)12-11(2)7-8-17-14(12)16/h7-8,13,19H,4-6,9-10H2,1-3H3,(H2,16,17). The number of nitrogens with zero attached hydrogens (tertiary/aromatic N) is 2. The number of hydrogen-bond acceptors (Lipinski definition) is 4. The van der Waals surface area contributed by atoms with Gasteiger partial charge in [0, 0.05) is 17.3 Å². The zero-order chi connectivity index (χ0) is 14.0. The fraction of sp³-hybridized carbons (Fsp3) is 0.667. The third kappa shape index (κ3) is 2.47. The summed E-state index contributed by atoms with van der Waals surface area (Å²) >= 11 is 0. The Labute approximate surface area is 115 Å². The van der Waals surface area contributed by atoms with Crippen LogP contribution in [0.4, 0.5) is 5.82 Å². The Balaban J connectivity index is 2.37. The normalized spacial score (nSPS) is 21.3. The molecule has 2 unspecified atom stereocenters. The molecule has 0 saturated carbocycles. The molecule has 1 aliphatic heterocycles. The summed E-state index contributed by atoms with van der Waals surface area (Å²) in [6, 6.07) is 1.91. The summed E-state index contributed by atoms with van der Waals surface area (Å²) in [4.78, 5) is 6.53. The molecule has 0 bridgehead atoms. The monoisotopic (exact) mass is 263 g/mol. The van der Waals surface area contributed by atoms with Gasteiger partial charge < -0.3 is 10.8 Å². The first kappa shape index (κ1) is 14.3. The van der Waals surface area contributed by atoms with Crippen LogP contribution in [0.5, 0.6) is 0 Å². The van der Waals surface area contributed by atoms with E-state index in [2.05, 4.69) is 23.7 Å². The van der Waals surface area contributed by atoms with Gasteiger partial charge in [0.05, 0.1) is 0 Å². The van der Waals surface area contributed by atoms with E-state index in [0.29, 0.717) is 5.82 Å². The number of nitrogens with two attached hydrogens (primary N) is 1. The van der Waals surface area contributed by atoms with Crippen molar-refractivity contribution in [2.45, 2.75) is 51.7 Å². The van der Waals surface area contributed by atoms with Crippen molar-refractivity contribution in [2.75, 3.05) is 18.8 Å². The van der Waals surface area contributed by atoms with Crippen molar-refractivity contribution in [1.82, 2.24) is 9.88 Å². The van der Waals surface area contributed by atoms with Gasteiger partial charge in [-0.3, -0.25) is 4.90 Å². The molecule has 106 valence electrons. The summed E-state index contributed by atoms with van der Waals surface area (Å²) < 4.78 is 0. The number of likely N-dealkylation sites (tertiary alicyclic amines) is 1. The molecule has 3 N–H and O–H groups in total. The Hall–Kier alpha value is -1.13. The lowest BCUT2D eigenvalue weighted by Gasteiger charge is -2.42. The minimum atomic E-state index is -0.593. The maximum absolute atomic E-state index is 10.9. The lowest BCUT2D eigenvalue weighted by molar-refractivity contribution is -0.0140. The summed E-state index contributed by atoms with van der Waals surface area (Å²) in [5.41, 5.74) is 7.52. The minimum absolute atomic E-state index is 0.265. The predicted molar refractivity (Wildman–Crippen MR) is 77.8 cm³/mol. The van der Waals surface area contributed by atoms with E-state index in [1.165, 1.54) is 12.8 Å². The molecule has 2 rings (SSSR count). The molecular formula is C15H25N3O. The van der Waals surface area contributed by atoms with Gasteiger partial charge in [0.15, 0.2) is 0 Å². The van der Waals surface area contributed by atoms with Gasteiger partial charge in [-0.15, -0.1) is 0 Å². The maximum atomic E-state index is 10.9. The fourth-order valence-corrected chi connectivity index (χ4v) is 3.08. The number of rotatable bonds is 4. The van der Waals surface area contributed by atoms with Crippen LogP contribution in [0.3, 0.4) is 0 Å². The maximum Gasteiger partial charge on any atom is 0.129 e. The first-order chi connectivity index (χ1) is 9.00. The number of aromatic nitrogens is 1. The summed E-state index contributed by atoms with van der Waals surface area (Å²) in [5, 5.41) is 10.9. The molecule has 0 spiro atoms. The number of aliphatic hydroxyl groups excluding tert-OH is 1. The molecule has 1 aromatic heterocycles. The van der Waals surface area contributed by atoms with Gasteiger partial charge in [0.25, 0.3) is 0 Å². The van der Waals surface area contributed by atoms with Crippen molar-refractivity contribution in [1.29, 1.82) is 0 Å². The first-order valence-electron chi connectivity index (χ1n) is 7.14. The lowest BCUT2D eigenvalue weighted by atomic mass is 9.84. The first-order valence-corrected chi connectivity index (χ1v) is 7.14. The molecule has 1 fully saturated rings. The number of nitrogen functional groups attached to an aromatic ring is 1. The second-order valence-corrected chi connectivity index (χ2v) is 5.73. The number of pyridine rings is 1. The molecule has 2 atom stereocenters. The van der Waals surface area contributed by atoms with Gasteiger partial charge in [-0.05, 0) is 57.8 Å². The van der Waals surface area contributed by atoms with Crippen molar-refractivity contribution < 1.29 is 5.11 Å². The highest BCUT2D eigenvalue weighted by Crippen LogP contribution is 2.39. The number of aliphatic hydroxyl groups is 1. The number of anilines is 1. The molecule has 4 heteroatoms. The Bertz CT molecular complexity index is 423. The fourth-order valence-electron chi connectivity index (χ4n) is 3.08. The zero-order valence-corrected chi connectivity index (χ0v) is 12.2. The summed E-state index contributed by atoms with van der Waals surface area (Å²) in [6.45, 7) is 8.36. The summed E-state index contributed by atoms with van der Waals surface area (Å²) in [6.07, 6.45) is 4.42. The topological polar surface area (TPSA) is 62.4 Å². The highest BCUT2D eigenvalue weighted by molar-refractivity contribution is 5.46. The largest absolute Gasteiger partial charge is 0.386 e. The molecule has 4 nitrogen and oxygen atoms in total. The van der Waals surface area contributed by atoms with E-state index in [-0.39, 0.29) is 5.54 Å². The van der Waals surface area contributed by atoms with E-state index >= 15 is 0 Å². The Morgan fingerprint density at radius 3 is 2.63 bits per heavy atom. The Morgan fingerprint density at radius 1 is 1.47 bits per heavy atom. The SMILES string of the molecule is CCC(C)(C(O)c1c(C)ccnc1N)N1CCCC1. The summed E-state index contributed by atoms with van der Waals surface area (Å²) in [5.74, 6) is 0.450. The Morgan fingerprint density at radius 2 is 2.11 bits per heavy atom. The average Bonchev–Trinajstić information content (AvgIpc) is 2.91. The van der Waals surface area contributed by atoms with Crippen LogP contribution in [0.15, 0.2) is 12.3 Å². The smallest absolute Gasteiger partial charge is 0.129 e. The highest BCUT2D eigenvalue weighted by atomic mass is 16.3. The predicted octanol–water partition coefficient (Wildman–Crippen LogP) is 2.27. The number of aryl methyl sites for hydroxylation is 1. The van der Waals surface area contributed by atoms with Crippen LogP contribution in [-0.4, -0.2) is 33.6 Å². The molecule has 19 heavy (non-hydrogen) atoms. The zero-order valence-electron chi connectivity index (χ0n) is 12.2. The van der Waals surface area contributed by atoms with Crippen LogP contribution in [-0.2, 0) is 0 Å². The highest BCUT2D eigenvalue weighted by Gasteiger charge is 2.40. The van der Waals surface area contributed by atoms with E-state index in [9.17, 15) is 5.11 Å². The van der Waals surface area contributed by atoms with Gasteiger partial charge in [-0.25, -0.2) is 4.98 Å². The van der Waals surface area contributed by atoms with Crippen molar-refractivity contribution in [3.05, 3.63) is 23.4 Å². The third-order valence-corrected chi connectivity index (χ3v) is 4.65. The molecule has 1 saturated heterocycles. The molecule has 2 heterocycles. The average molecular weight is 263 g/mol. The van der Waals surface area contributed by atoms with Crippen LogP contribution in [0.2, 0.25) is 0 Å². The van der Waals surface area contributed by atoms with Crippen molar-refractivity contribution in [2.24, 2.45) is 0 Å². The van der Waals surface area contributed by atoms with Crippen LogP contribution in [0.25, 0.3) is 0 Å². The lowest BCUT2D eigenvalue weighted by Crippen LogP contribution is -2.49. The molecule has 1 aliphatic rings. The Kier molecular flexibility index (Phi) is 4.11. The van der Waals surface area contributed by atoms with Crippen LogP contribution in [0, 0.1) is 6.92 Å². The second-order valence-electron chi connectivity index (χ2n) is 5.73. The van der Waals surface area contributed by atoms with E-state index in [1.807, 2.05) is 13.0 Å².